The normalized spacial score (nSPS) is 10.5. The van der Waals surface area contributed by atoms with Crippen LogP contribution in [0.4, 0.5) is 11.4 Å². The minimum Gasteiger partial charge on any atom is -0.497 e. The third-order valence-electron chi connectivity index (χ3n) is 5.27. The molecule has 6 nitrogen and oxygen atoms in total. The van der Waals surface area contributed by atoms with Crippen LogP contribution in [0.25, 0.3) is 0 Å². The number of carbonyl (C=O) groups excluding carboxylic acids is 1. The van der Waals surface area contributed by atoms with E-state index in [1.165, 1.54) is 0 Å². The van der Waals surface area contributed by atoms with Crippen molar-refractivity contribution in [2.45, 2.75) is 13.1 Å². The summed E-state index contributed by atoms with van der Waals surface area (Å²) < 4.78 is 6.85. The lowest BCUT2D eigenvalue weighted by Crippen LogP contribution is -2.23. The fraction of sp³-hybridized carbons (Fsp3) is 0.111. The van der Waals surface area contributed by atoms with Crippen LogP contribution in [0.15, 0.2) is 102 Å². The van der Waals surface area contributed by atoms with Gasteiger partial charge in [-0.3, -0.25) is 9.59 Å². The average Bonchev–Trinajstić information content (AvgIpc) is 2.85. The Labute approximate surface area is 192 Å². The van der Waals surface area contributed by atoms with Gasteiger partial charge in [0.25, 0.3) is 11.5 Å². The highest BCUT2D eigenvalue weighted by atomic mass is 16.5. The van der Waals surface area contributed by atoms with Crippen LogP contribution < -0.4 is 20.9 Å². The zero-order chi connectivity index (χ0) is 23.0. The van der Waals surface area contributed by atoms with E-state index in [0.717, 1.165) is 28.3 Å². The van der Waals surface area contributed by atoms with Gasteiger partial charge < -0.3 is 19.9 Å². The van der Waals surface area contributed by atoms with Crippen molar-refractivity contribution in [3.05, 3.63) is 124 Å². The second-order valence-electron chi connectivity index (χ2n) is 7.57. The molecule has 0 saturated carbocycles. The maximum absolute atomic E-state index is 12.9. The van der Waals surface area contributed by atoms with Gasteiger partial charge in [0.15, 0.2) is 0 Å². The van der Waals surface area contributed by atoms with E-state index in [0.29, 0.717) is 18.7 Å². The molecule has 4 aromatic rings. The summed E-state index contributed by atoms with van der Waals surface area (Å²) in [7, 11) is 1.63. The number of aromatic nitrogens is 1. The van der Waals surface area contributed by atoms with E-state index in [2.05, 4.69) is 10.6 Å². The van der Waals surface area contributed by atoms with Crippen molar-refractivity contribution < 1.29 is 9.53 Å². The second-order valence-corrected chi connectivity index (χ2v) is 7.57. The van der Waals surface area contributed by atoms with Gasteiger partial charge in [-0.2, -0.15) is 0 Å². The number of ether oxygens (including phenoxy) is 1. The number of pyridine rings is 1. The number of carbonyl (C=O) groups is 1. The van der Waals surface area contributed by atoms with Gasteiger partial charge in [-0.05, 0) is 53.6 Å². The van der Waals surface area contributed by atoms with Crippen LogP contribution in [0, 0.1) is 0 Å². The fourth-order valence-electron chi connectivity index (χ4n) is 3.45. The fourth-order valence-corrected chi connectivity index (χ4v) is 3.45. The molecule has 0 atom stereocenters. The number of methoxy groups -OCH3 is 1. The van der Waals surface area contributed by atoms with Gasteiger partial charge in [0, 0.05) is 24.5 Å². The second kappa shape index (κ2) is 10.3. The van der Waals surface area contributed by atoms with Gasteiger partial charge in [0.2, 0.25) is 0 Å². The Balaban J connectivity index is 1.38. The summed E-state index contributed by atoms with van der Waals surface area (Å²) in [6.45, 7) is 0.915. The number of nitrogens with one attached hydrogen (secondary N) is 2. The lowest BCUT2D eigenvalue weighted by atomic mass is 10.1. The van der Waals surface area contributed by atoms with Gasteiger partial charge in [0.05, 0.1) is 24.9 Å². The smallest absolute Gasteiger partial charge is 0.253 e. The predicted octanol–water partition coefficient (Wildman–Crippen LogP) is 4.58. The summed E-state index contributed by atoms with van der Waals surface area (Å²) in [5, 5.41) is 6.28. The van der Waals surface area contributed by atoms with E-state index in [-0.39, 0.29) is 11.5 Å². The van der Waals surface area contributed by atoms with E-state index in [1.807, 2.05) is 72.8 Å². The van der Waals surface area contributed by atoms with Crippen molar-refractivity contribution in [1.82, 2.24) is 9.88 Å². The Hall–Kier alpha value is -4.32. The average molecular weight is 440 g/mol. The van der Waals surface area contributed by atoms with Gasteiger partial charge in [-0.15, -0.1) is 0 Å². The molecule has 0 aliphatic rings. The van der Waals surface area contributed by atoms with E-state index >= 15 is 0 Å². The molecular weight excluding hydrogens is 414 g/mol. The van der Waals surface area contributed by atoms with Crippen LogP contribution >= 0.6 is 0 Å². The lowest BCUT2D eigenvalue weighted by molar-refractivity contribution is 0.0951. The molecule has 0 saturated heterocycles. The maximum Gasteiger partial charge on any atom is 0.253 e. The lowest BCUT2D eigenvalue weighted by Gasteiger charge is -2.13. The number of hydrogen-bond donors (Lipinski definition) is 2. The third-order valence-corrected chi connectivity index (χ3v) is 5.27. The summed E-state index contributed by atoms with van der Waals surface area (Å²) >= 11 is 0. The molecule has 3 aromatic carbocycles. The first-order valence-corrected chi connectivity index (χ1v) is 10.6. The first kappa shape index (κ1) is 21.9. The third kappa shape index (κ3) is 5.68. The molecule has 0 spiro atoms. The van der Waals surface area contributed by atoms with Gasteiger partial charge in [-0.1, -0.05) is 42.5 Å². The standard InChI is InChI=1S/C27H25N3O3/c1-33-23-15-13-22(14-16-23)29-25-7-3-2-6-24(25)27(32)28-18-20-9-11-21(12-10-20)19-30-17-5-4-8-26(30)31/h2-17,29H,18-19H2,1H3,(H,28,32). The molecule has 0 radical (unpaired) electrons. The Bertz CT molecular complexity index is 1280. The number of hydrogen-bond acceptors (Lipinski definition) is 4. The minimum absolute atomic E-state index is 0.0317. The van der Waals surface area contributed by atoms with Gasteiger partial charge in [-0.25, -0.2) is 0 Å². The maximum atomic E-state index is 12.9. The molecule has 33 heavy (non-hydrogen) atoms. The molecular formula is C27H25N3O3. The van der Waals surface area contributed by atoms with Crippen LogP contribution in [0.3, 0.4) is 0 Å². The SMILES string of the molecule is COc1ccc(Nc2ccccc2C(=O)NCc2ccc(Cn3ccccc3=O)cc2)cc1. The molecule has 1 heterocycles. The van der Waals surface area contributed by atoms with Crippen molar-refractivity contribution in [2.24, 2.45) is 0 Å². The molecule has 6 heteroatoms. The number of para-hydroxylation sites is 1. The van der Waals surface area contributed by atoms with Crippen LogP contribution in [-0.4, -0.2) is 17.6 Å². The van der Waals surface area contributed by atoms with E-state index < -0.39 is 0 Å². The van der Waals surface area contributed by atoms with Crippen molar-refractivity contribution in [3.63, 3.8) is 0 Å². The number of anilines is 2. The van der Waals surface area contributed by atoms with Gasteiger partial charge >= 0.3 is 0 Å². The number of benzene rings is 3. The molecule has 0 unspecified atom stereocenters. The number of nitrogens with zero attached hydrogens (tertiary/aromatic N) is 1. The highest BCUT2D eigenvalue weighted by Crippen LogP contribution is 2.23. The van der Waals surface area contributed by atoms with E-state index in [4.69, 9.17) is 4.74 Å². The molecule has 0 bridgehead atoms. The molecule has 166 valence electrons. The van der Waals surface area contributed by atoms with Crippen molar-refractivity contribution in [2.75, 3.05) is 12.4 Å². The number of amides is 1. The largest absolute Gasteiger partial charge is 0.497 e. The van der Waals surface area contributed by atoms with Crippen molar-refractivity contribution in [3.8, 4) is 5.75 Å². The minimum atomic E-state index is -0.161. The number of rotatable bonds is 8. The zero-order valence-electron chi connectivity index (χ0n) is 18.3. The molecule has 4 rings (SSSR count). The Morgan fingerprint density at radius 1 is 0.848 bits per heavy atom. The summed E-state index contributed by atoms with van der Waals surface area (Å²) in [5.74, 6) is 0.611. The monoisotopic (exact) mass is 439 g/mol. The molecule has 0 aliphatic carbocycles. The molecule has 1 aromatic heterocycles. The summed E-state index contributed by atoms with van der Waals surface area (Å²) in [6, 6.07) is 27.9. The Morgan fingerprint density at radius 3 is 2.27 bits per heavy atom. The summed E-state index contributed by atoms with van der Waals surface area (Å²) in [5.41, 5.74) is 4.12. The Morgan fingerprint density at radius 2 is 1.55 bits per heavy atom. The van der Waals surface area contributed by atoms with Crippen LogP contribution in [-0.2, 0) is 13.1 Å². The molecule has 0 fully saturated rings. The zero-order valence-corrected chi connectivity index (χ0v) is 18.3. The van der Waals surface area contributed by atoms with Crippen LogP contribution in [0.2, 0.25) is 0 Å². The Kier molecular flexibility index (Phi) is 6.85. The van der Waals surface area contributed by atoms with E-state index in [9.17, 15) is 9.59 Å². The molecule has 0 aliphatic heterocycles. The summed E-state index contributed by atoms with van der Waals surface area (Å²) in [6.07, 6.45) is 1.77. The predicted molar refractivity (Wildman–Crippen MR) is 130 cm³/mol. The van der Waals surface area contributed by atoms with E-state index in [1.54, 1.807) is 36.1 Å². The molecule has 2 N–H and O–H groups in total. The van der Waals surface area contributed by atoms with Crippen molar-refractivity contribution >= 4 is 17.3 Å². The first-order chi connectivity index (χ1) is 16.1. The van der Waals surface area contributed by atoms with Crippen molar-refractivity contribution in [1.29, 1.82) is 0 Å². The van der Waals surface area contributed by atoms with Gasteiger partial charge in [0.1, 0.15) is 5.75 Å². The highest BCUT2D eigenvalue weighted by molar-refractivity contribution is 6.00. The topological polar surface area (TPSA) is 72.4 Å². The molecule has 1 amide bonds. The summed E-state index contributed by atoms with van der Waals surface area (Å²) in [4.78, 5) is 24.7. The van der Waals surface area contributed by atoms with Crippen LogP contribution in [0.1, 0.15) is 21.5 Å². The highest BCUT2D eigenvalue weighted by Gasteiger charge is 2.11. The quantitative estimate of drug-likeness (QED) is 0.422. The van der Waals surface area contributed by atoms with Crippen LogP contribution in [0.5, 0.6) is 5.75 Å². The first-order valence-electron chi connectivity index (χ1n) is 10.6.